The molecule has 1 unspecified atom stereocenters. The van der Waals surface area contributed by atoms with Crippen molar-refractivity contribution >= 4 is 11.8 Å². The molecule has 1 aliphatic rings. The molecule has 0 aliphatic carbocycles. The lowest BCUT2D eigenvalue weighted by Gasteiger charge is -2.27. The van der Waals surface area contributed by atoms with Crippen LogP contribution in [0.1, 0.15) is 40.5 Å². The van der Waals surface area contributed by atoms with Crippen molar-refractivity contribution in [2.75, 3.05) is 12.3 Å². The normalized spacial score (nSPS) is 31.0. The van der Waals surface area contributed by atoms with Gasteiger partial charge < -0.3 is 5.32 Å². The minimum atomic E-state index is 0.368. The summed E-state index contributed by atoms with van der Waals surface area (Å²) in [6, 6.07) is 0. The lowest BCUT2D eigenvalue weighted by Crippen LogP contribution is -2.34. The number of thioether (sulfide) groups is 1. The van der Waals surface area contributed by atoms with Crippen molar-refractivity contribution in [2.45, 2.75) is 45.4 Å². The van der Waals surface area contributed by atoms with E-state index in [4.69, 9.17) is 0 Å². The summed E-state index contributed by atoms with van der Waals surface area (Å²) in [4.78, 5) is 0.368. The molecule has 0 amide bonds. The van der Waals surface area contributed by atoms with Gasteiger partial charge in [0, 0.05) is 12.3 Å². The molecule has 1 fully saturated rings. The van der Waals surface area contributed by atoms with Crippen LogP contribution in [0.25, 0.3) is 0 Å². The van der Waals surface area contributed by atoms with E-state index < -0.39 is 0 Å². The molecular weight excluding hydrogens is 166 g/mol. The minimum Gasteiger partial charge on any atom is -0.302 e. The number of hydrogen-bond donors (Lipinski definition) is 1. The highest BCUT2D eigenvalue weighted by atomic mass is 32.2. The van der Waals surface area contributed by atoms with Gasteiger partial charge in [0.2, 0.25) is 0 Å². The zero-order valence-electron chi connectivity index (χ0n) is 8.74. The Morgan fingerprint density at radius 2 is 2.08 bits per heavy atom. The van der Waals surface area contributed by atoms with E-state index in [0.717, 1.165) is 0 Å². The maximum Gasteiger partial charge on any atom is 0.0617 e. The van der Waals surface area contributed by atoms with E-state index in [1.54, 1.807) is 0 Å². The summed E-state index contributed by atoms with van der Waals surface area (Å²) in [6.45, 7) is 10.5. The fraction of sp³-hybridized carbons (Fsp3) is 1.00. The predicted molar refractivity (Wildman–Crippen MR) is 57.6 cm³/mol. The zero-order chi connectivity index (χ0) is 9.24. The summed E-state index contributed by atoms with van der Waals surface area (Å²) >= 11 is 2.07. The predicted octanol–water partition coefficient (Wildman–Crippen LogP) is 2.87. The van der Waals surface area contributed by atoms with Crippen molar-refractivity contribution in [3.63, 3.8) is 0 Å². The molecular formula is C10H21NS. The van der Waals surface area contributed by atoms with Crippen molar-refractivity contribution in [3.05, 3.63) is 0 Å². The minimum absolute atomic E-state index is 0.368. The van der Waals surface area contributed by atoms with Crippen LogP contribution in [0, 0.1) is 5.41 Å². The Bertz CT molecular complexity index is 142. The van der Waals surface area contributed by atoms with Crippen LogP contribution in [-0.4, -0.2) is 17.2 Å². The van der Waals surface area contributed by atoms with E-state index >= 15 is 0 Å². The van der Waals surface area contributed by atoms with Crippen LogP contribution in [0.2, 0.25) is 0 Å². The van der Waals surface area contributed by atoms with Gasteiger partial charge in [-0.05, 0) is 25.2 Å². The van der Waals surface area contributed by atoms with E-state index in [0.29, 0.717) is 10.3 Å². The summed E-state index contributed by atoms with van der Waals surface area (Å²) in [7, 11) is 0. The molecule has 1 saturated heterocycles. The molecule has 1 atom stereocenters. The van der Waals surface area contributed by atoms with E-state index in [1.807, 2.05) is 0 Å². The molecule has 1 aliphatic heterocycles. The molecule has 0 aromatic carbocycles. The Labute approximate surface area is 80.7 Å². The van der Waals surface area contributed by atoms with Crippen molar-refractivity contribution in [1.29, 1.82) is 0 Å². The molecule has 1 rings (SSSR count). The summed E-state index contributed by atoms with van der Waals surface area (Å²) in [5, 5.41) is 3.57. The van der Waals surface area contributed by atoms with Gasteiger partial charge >= 0.3 is 0 Å². The molecule has 0 aromatic heterocycles. The van der Waals surface area contributed by atoms with Gasteiger partial charge in [-0.25, -0.2) is 0 Å². The molecule has 2 heteroatoms. The molecule has 1 nitrogen and oxygen atoms in total. The molecule has 0 aromatic rings. The summed E-state index contributed by atoms with van der Waals surface area (Å²) in [5.41, 5.74) is 0.480. The van der Waals surface area contributed by atoms with E-state index in [2.05, 4.69) is 44.8 Å². The Kier molecular flexibility index (Phi) is 3.11. The van der Waals surface area contributed by atoms with Crippen LogP contribution in [0.15, 0.2) is 0 Å². The summed E-state index contributed by atoms with van der Waals surface area (Å²) in [6.07, 6.45) is 2.60. The first-order chi connectivity index (χ1) is 5.41. The zero-order valence-corrected chi connectivity index (χ0v) is 9.55. The fourth-order valence-corrected chi connectivity index (χ4v) is 2.52. The van der Waals surface area contributed by atoms with Gasteiger partial charge in [0.25, 0.3) is 0 Å². The van der Waals surface area contributed by atoms with E-state index in [9.17, 15) is 0 Å². The lowest BCUT2D eigenvalue weighted by molar-refractivity contribution is 0.330. The second-order valence-electron chi connectivity index (χ2n) is 5.07. The van der Waals surface area contributed by atoms with Gasteiger partial charge in [0.05, 0.1) is 4.87 Å². The standard InChI is InChI=1S/C10H21NS/c1-9(2,3)5-6-10(4)11-7-8-12-10/h11H,5-8H2,1-4H3. The molecule has 0 radical (unpaired) electrons. The number of rotatable bonds is 2. The number of hydrogen-bond acceptors (Lipinski definition) is 2. The third-order valence-corrected chi connectivity index (χ3v) is 3.77. The third-order valence-electron chi connectivity index (χ3n) is 2.37. The number of nitrogens with one attached hydrogen (secondary N) is 1. The topological polar surface area (TPSA) is 12.0 Å². The average Bonchev–Trinajstić information content (AvgIpc) is 2.32. The van der Waals surface area contributed by atoms with E-state index in [1.165, 1.54) is 25.1 Å². The van der Waals surface area contributed by atoms with Crippen LogP contribution in [0.3, 0.4) is 0 Å². The maximum atomic E-state index is 3.57. The summed E-state index contributed by atoms with van der Waals surface area (Å²) < 4.78 is 0. The molecule has 1 N–H and O–H groups in total. The maximum absolute atomic E-state index is 3.57. The van der Waals surface area contributed by atoms with Gasteiger partial charge in [0.1, 0.15) is 0 Å². The first kappa shape index (κ1) is 10.4. The van der Waals surface area contributed by atoms with Gasteiger partial charge in [-0.3, -0.25) is 0 Å². The second-order valence-corrected chi connectivity index (χ2v) is 6.66. The largest absolute Gasteiger partial charge is 0.302 e. The first-order valence-corrected chi connectivity index (χ1v) is 5.79. The molecule has 12 heavy (non-hydrogen) atoms. The van der Waals surface area contributed by atoms with Crippen LogP contribution >= 0.6 is 11.8 Å². The Balaban J connectivity index is 2.30. The lowest BCUT2D eigenvalue weighted by atomic mass is 9.89. The van der Waals surface area contributed by atoms with Crippen molar-refractivity contribution in [2.24, 2.45) is 5.41 Å². The van der Waals surface area contributed by atoms with Crippen LogP contribution in [0.5, 0.6) is 0 Å². The molecule has 72 valence electrons. The highest BCUT2D eigenvalue weighted by Crippen LogP contribution is 2.34. The SMILES string of the molecule is CC(C)(C)CCC1(C)NCCS1. The quantitative estimate of drug-likeness (QED) is 0.713. The fourth-order valence-electron chi connectivity index (χ4n) is 1.42. The van der Waals surface area contributed by atoms with Gasteiger partial charge in [-0.15, -0.1) is 11.8 Å². The monoisotopic (exact) mass is 187 g/mol. The highest BCUT2D eigenvalue weighted by Gasteiger charge is 2.29. The van der Waals surface area contributed by atoms with E-state index in [-0.39, 0.29) is 0 Å². The van der Waals surface area contributed by atoms with Crippen LogP contribution < -0.4 is 5.32 Å². The molecule has 0 spiro atoms. The van der Waals surface area contributed by atoms with Crippen LogP contribution in [0.4, 0.5) is 0 Å². The molecule has 0 bridgehead atoms. The van der Waals surface area contributed by atoms with Gasteiger partial charge in [0.15, 0.2) is 0 Å². The highest BCUT2D eigenvalue weighted by molar-refractivity contribution is 8.00. The third kappa shape index (κ3) is 3.36. The second kappa shape index (κ2) is 3.59. The van der Waals surface area contributed by atoms with Crippen LogP contribution in [-0.2, 0) is 0 Å². The van der Waals surface area contributed by atoms with Crippen molar-refractivity contribution < 1.29 is 0 Å². The summed E-state index contributed by atoms with van der Waals surface area (Å²) in [5.74, 6) is 1.28. The van der Waals surface area contributed by atoms with Gasteiger partial charge in [-0.1, -0.05) is 20.8 Å². The Morgan fingerprint density at radius 1 is 1.42 bits per heavy atom. The molecule has 1 heterocycles. The Morgan fingerprint density at radius 3 is 2.50 bits per heavy atom. The van der Waals surface area contributed by atoms with Crippen molar-refractivity contribution in [1.82, 2.24) is 5.32 Å². The van der Waals surface area contributed by atoms with Gasteiger partial charge in [-0.2, -0.15) is 0 Å². The van der Waals surface area contributed by atoms with Crippen molar-refractivity contribution in [3.8, 4) is 0 Å². The first-order valence-electron chi connectivity index (χ1n) is 4.80. The Hall–Kier alpha value is 0.310. The smallest absolute Gasteiger partial charge is 0.0617 e. The average molecular weight is 187 g/mol. The molecule has 0 saturated carbocycles.